The van der Waals surface area contributed by atoms with Crippen LogP contribution >= 0.6 is 0 Å². The Balaban J connectivity index is 1.57. The van der Waals surface area contributed by atoms with Crippen LogP contribution in [0.2, 0.25) is 0 Å². The zero-order valence-electron chi connectivity index (χ0n) is 15.8. The molecule has 9 nitrogen and oxygen atoms in total. The van der Waals surface area contributed by atoms with Crippen molar-refractivity contribution in [1.29, 1.82) is 0 Å². The van der Waals surface area contributed by atoms with Crippen molar-refractivity contribution in [3.05, 3.63) is 64.7 Å². The number of nitro groups is 1. The molecule has 154 valence electrons. The summed E-state index contributed by atoms with van der Waals surface area (Å²) in [7, 11) is -3.58. The van der Waals surface area contributed by atoms with E-state index >= 15 is 0 Å². The zero-order chi connectivity index (χ0) is 21.0. The fraction of sp³-hybridized carbons (Fsp3) is 0.316. The average molecular weight is 419 g/mol. The molecule has 0 spiro atoms. The maximum Gasteiger partial charge on any atom is 0.269 e. The molecular weight excluding hydrogens is 398 g/mol. The van der Waals surface area contributed by atoms with Crippen molar-refractivity contribution >= 4 is 21.6 Å². The van der Waals surface area contributed by atoms with E-state index < -0.39 is 21.1 Å². The van der Waals surface area contributed by atoms with Crippen LogP contribution in [0.5, 0.6) is 5.75 Å². The number of nitrogens with zero attached hydrogens (tertiary/aromatic N) is 3. The third-order valence-corrected chi connectivity index (χ3v) is 6.55. The molecule has 0 aromatic heterocycles. The predicted octanol–water partition coefficient (Wildman–Crippen LogP) is 1.90. The van der Waals surface area contributed by atoms with Crippen LogP contribution in [0.1, 0.15) is 6.92 Å². The molecule has 0 aliphatic carbocycles. The number of hydrogen-bond acceptors (Lipinski definition) is 6. The molecule has 2 aromatic carbocycles. The Labute approximate surface area is 168 Å². The fourth-order valence-electron chi connectivity index (χ4n) is 3.05. The highest BCUT2D eigenvalue weighted by Gasteiger charge is 2.31. The number of rotatable bonds is 6. The van der Waals surface area contributed by atoms with Gasteiger partial charge in [0.15, 0.2) is 6.10 Å². The van der Waals surface area contributed by atoms with Crippen LogP contribution in [-0.4, -0.2) is 60.7 Å². The molecule has 1 fully saturated rings. The molecule has 1 heterocycles. The van der Waals surface area contributed by atoms with Crippen LogP contribution < -0.4 is 4.74 Å². The Hall–Kier alpha value is -2.98. The van der Waals surface area contributed by atoms with Gasteiger partial charge in [0.2, 0.25) is 10.0 Å². The summed E-state index contributed by atoms with van der Waals surface area (Å²) in [5.41, 5.74) is -0.0629. The lowest BCUT2D eigenvalue weighted by atomic mass is 10.2. The lowest BCUT2D eigenvalue weighted by Crippen LogP contribution is -2.53. The molecule has 0 unspecified atom stereocenters. The normalized spacial score (nSPS) is 16.2. The van der Waals surface area contributed by atoms with Crippen molar-refractivity contribution in [1.82, 2.24) is 9.21 Å². The summed E-state index contributed by atoms with van der Waals surface area (Å²) >= 11 is 0. The number of carbonyl (C=O) groups excluding carboxylic acids is 1. The lowest BCUT2D eigenvalue weighted by molar-refractivity contribution is -0.384. The number of carbonyl (C=O) groups is 1. The molecule has 2 aromatic rings. The number of amides is 1. The second-order valence-corrected chi connectivity index (χ2v) is 8.49. The van der Waals surface area contributed by atoms with Crippen LogP contribution in [-0.2, 0) is 14.8 Å². The van der Waals surface area contributed by atoms with E-state index in [0.717, 1.165) is 0 Å². The van der Waals surface area contributed by atoms with E-state index in [4.69, 9.17) is 4.74 Å². The third kappa shape index (κ3) is 4.72. The lowest BCUT2D eigenvalue weighted by Gasteiger charge is -2.35. The quantitative estimate of drug-likeness (QED) is 0.522. The molecule has 0 radical (unpaired) electrons. The molecule has 1 aliphatic rings. The molecule has 1 amide bonds. The summed E-state index contributed by atoms with van der Waals surface area (Å²) in [5.74, 6) is 0.0850. The molecule has 0 N–H and O–H groups in total. The minimum atomic E-state index is -3.58. The first-order valence-corrected chi connectivity index (χ1v) is 10.5. The van der Waals surface area contributed by atoms with Gasteiger partial charge in [-0.1, -0.05) is 18.2 Å². The fourth-order valence-corrected chi connectivity index (χ4v) is 4.49. The topological polar surface area (TPSA) is 110 Å². The summed E-state index contributed by atoms with van der Waals surface area (Å²) in [6.07, 6.45) is -0.797. The maximum absolute atomic E-state index is 12.7. The van der Waals surface area contributed by atoms with E-state index in [1.807, 2.05) is 0 Å². The Morgan fingerprint density at radius 3 is 2.17 bits per heavy atom. The van der Waals surface area contributed by atoms with Gasteiger partial charge in [-0.15, -0.1) is 0 Å². The van der Waals surface area contributed by atoms with E-state index in [-0.39, 0.29) is 42.7 Å². The summed E-state index contributed by atoms with van der Waals surface area (Å²) in [4.78, 5) is 24.6. The van der Waals surface area contributed by atoms with Gasteiger partial charge in [0.1, 0.15) is 5.75 Å². The molecule has 3 rings (SSSR count). The van der Waals surface area contributed by atoms with Crippen LogP contribution in [0, 0.1) is 10.1 Å². The highest BCUT2D eigenvalue weighted by molar-refractivity contribution is 7.89. The van der Waals surface area contributed by atoms with Gasteiger partial charge in [0.05, 0.1) is 9.82 Å². The smallest absolute Gasteiger partial charge is 0.269 e. The van der Waals surface area contributed by atoms with Crippen molar-refractivity contribution in [2.75, 3.05) is 26.2 Å². The van der Waals surface area contributed by atoms with Crippen LogP contribution in [0.15, 0.2) is 59.5 Å². The average Bonchev–Trinajstić information content (AvgIpc) is 2.74. The third-order valence-electron chi connectivity index (χ3n) is 4.64. The highest BCUT2D eigenvalue weighted by atomic mass is 32.2. The van der Waals surface area contributed by atoms with Gasteiger partial charge in [-0.2, -0.15) is 4.31 Å². The molecule has 1 aliphatic heterocycles. The minimum absolute atomic E-state index is 0.0629. The first-order valence-electron chi connectivity index (χ1n) is 9.04. The zero-order valence-corrected chi connectivity index (χ0v) is 16.6. The van der Waals surface area contributed by atoms with Gasteiger partial charge in [-0.3, -0.25) is 14.9 Å². The molecule has 1 atom stereocenters. The molecule has 0 bridgehead atoms. The standard InChI is InChI=1S/C19H21N3O6S/c1-15(28-17-9-7-16(8-10-17)22(24)25)19(23)20-11-13-21(14-12-20)29(26,27)18-5-3-2-4-6-18/h2-10,15H,11-14H2,1H3/t15-/m1/s1. The van der Waals surface area contributed by atoms with E-state index in [2.05, 4.69) is 0 Å². The molecule has 29 heavy (non-hydrogen) atoms. The maximum atomic E-state index is 12.7. The van der Waals surface area contributed by atoms with E-state index in [9.17, 15) is 23.3 Å². The number of benzene rings is 2. The van der Waals surface area contributed by atoms with Gasteiger partial charge in [0, 0.05) is 38.3 Å². The van der Waals surface area contributed by atoms with Gasteiger partial charge >= 0.3 is 0 Å². The number of ether oxygens (including phenoxy) is 1. The summed E-state index contributed by atoms with van der Waals surface area (Å²) < 4.78 is 32.3. The number of non-ortho nitro benzene ring substituents is 1. The van der Waals surface area contributed by atoms with Gasteiger partial charge in [0.25, 0.3) is 11.6 Å². The first-order chi connectivity index (χ1) is 13.8. The molecule has 1 saturated heterocycles. The summed E-state index contributed by atoms with van der Waals surface area (Å²) in [6.45, 7) is 2.52. The Morgan fingerprint density at radius 2 is 1.62 bits per heavy atom. The highest BCUT2D eigenvalue weighted by Crippen LogP contribution is 2.20. The van der Waals surface area contributed by atoms with Gasteiger partial charge < -0.3 is 9.64 Å². The Morgan fingerprint density at radius 1 is 1.03 bits per heavy atom. The second kappa shape index (κ2) is 8.58. The van der Waals surface area contributed by atoms with Crippen LogP contribution in [0.3, 0.4) is 0 Å². The van der Waals surface area contributed by atoms with Crippen LogP contribution in [0.25, 0.3) is 0 Å². The van der Waals surface area contributed by atoms with E-state index in [1.54, 1.807) is 42.2 Å². The van der Waals surface area contributed by atoms with Crippen molar-refractivity contribution in [2.24, 2.45) is 0 Å². The number of sulfonamides is 1. The Kier molecular flexibility index (Phi) is 6.14. The molecule has 0 saturated carbocycles. The minimum Gasteiger partial charge on any atom is -0.481 e. The van der Waals surface area contributed by atoms with Crippen molar-refractivity contribution in [3.63, 3.8) is 0 Å². The van der Waals surface area contributed by atoms with Gasteiger partial charge in [-0.25, -0.2) is 8.42 Å². The molecule has 10 heteroatoms. The summed E-state index contributed by atoms with van der Waals surface area (Å²) in [5, 5.41) is 10.7. The van der Waals surface area contributed by atoms with Crippen molar-refractivity contribution < 1.29 is 22.9 Å². The second-order valence-electron chi connectivity index (χ2n) is 6.55. The molecular formula is C19H21N3O6S. The first kappa shape index (κ1) is 20.7. The summed E-state index contributed by atoms with van der Waals surface area (Å²) in [6, 6.07) is 13.7. The SMILES string of the molecule is C[C@@H](Oc1ccc([N+](=O)[O-])cc1)C(=O)N1CCN(S(=O)(=O)c2ccccc2)CC1. The van der Waals surface area contributed by atoms with Crippen molar-refractivity contribution in [3.8, 4) is 5.75 Å². The van der Waals surface area contributed by atoms with E-state index in [0.29, 0.717) is 5.75 Å². The number of piperazine rings is 1. The van der Waals surface area contributed by atoms with Gasteiger partial charge in [-0.05, 0) is 31.2 Å². The largest absolute Gasteiger partial charge is 0.481 e. The predicted molar refractivity (Wildman–Crippen MR) is 105 cm³/mol. The van der Waals surface area contributed by atoms with E-state index in [1.165, 1.54) is 28.6 Å². The number of hydrogen-bond donors (Lipinski definition) is 0. The van der Waals surface area contributed by atoms with Crippen molar-refractivity contribution in [2.45, 2.75) is 17.9 Å². The number of nitro benzene ring substituents is 1. The monoisotopic (exact) mass is 419 g/mol. The van der Waals surface area contributed by atoms with Crippen LogP contribution in [0.4, 0.5) is 5.69 Å². The Bertz CT molecular complexity index is 971.